The summed E-state index contributed by atoms with van der Waals surface area (Å²) in [6.45, 7) is 3.14. The second kappa shape index (κ2) is 6.06. The molecular weight excluding hydrogens is 244 g/mol. The van der Waals surface area contributed by atoms with Crippen molar-refractivity contribution in [1.29, 1.82) is 0 Å². The molecule has 0 amide bonds. The number of nitrogens with one attached hydrogen (secondary N) is 1. The zero-order valence-electron chi connectivity index (χ0n) is 8.23. The fourth-order valence-electron chi connectivity index (χ4n) is 0.653. The zero-order valence-corrected chi connectivity index (χ0v) is 9.81. The molecule has 88 valence electrons. The Bertz CT molecular complexity index is 341. The van der Waals surface area contributed by atoms with Gasteiger partial charge in [-0.1, -0.05) is 18.2 Å². The minimum absolute atomic E-state index is 0.0820. The normalized spacial score (nSPS) is 11.7. The van der Waals surface area contributed by atoms with Crippen LogP contribution >= 0.6 is 11.6 Å². The molecule has 0 aromatic heterocycles. The van der Waals surface area contributed by atoms with E-state index in [1.54, 1.807) is 0 Å². The van der Waals surface area contributed by atoms with Gasteiger partial charge in [0.15, 0.2) is 0 Å². The first kappa shape index (κ1) is 14.4. The van der Waals surface area contributed by atoms with Gasteiger partial charge in [-0.05, 0) is 0 Å². The smallest absolute Gasteiger partial charge is 0.304 e. The van der Waals surface area contributed by atoms with Crippen LogP contribution in [0.3, 0.4) is 0 Å². The first-order valence-corrected chi connectivity index (χ1v) is 5.83. The van der Waals surface area contributed by atoms with Crippen LogP contribution in [0.25, 0.3) is 0 Å². The van der Waals surface area contributed by atoms with Gasteiger partial charge in [0.05, 0.1) is 6.42 Å². The van der Waals surface area contributed by atoms with Crippen LogP contribution in [-0.4, -0.2) is 43.9 Å². The summed E-state index contributed by atoms with van der Waals surface area (Å²) < 4.78 is 25.8. The number of halogens is 1. The largest absolute Gasteiger partial charge is 0.481 e. The Kier molecular flexibility index (Phi) is 5.81. The molecule has 0 saturated carbocycles. The van der Waals surface area contributed by atoms with Crippen molar-refractivity contribution in [3.63, 3.8) is 0 Å². The summed E-state index contributed by atoms with van der Waals surface area (Å²) in [5.74, 6) is -1.06. The molecule has 0 saturated heterocycles. The molecule has 8 heteroatoms. The average molecular weight is 257 g/mol. The predicted octanol–water partition coefficient (Wildman–Crippen LogP) is -0.0202. The number of carboxylic acid groups (broad SMARTS) is 1. The Morgan fingerprint density at radius 1 is 1.60 bits per heavy atom. The summed E-state index contributed by atoms with van der Waals surface area (Å²) in [6.07, 6.45) is -0.251. The molecule has 0 aliphatic rings. The molecule has 0 rings (SSSR count). The van der Waals surface area contributed by atoms with Gasteiger partial charge in [0.2, 0.25) is 0 Å². The molecule has 0 heterocycles. The average Bonchev–Trinajstić information content (AvgIpc) is 2.11. The first-order valence-electron chi connectivity index (χ1n) is 4.01. The molecule has 0 aliphatic heterocycles. The highest BCUT2D eigenvalue weighted by Gasteiger charge is 2.17. The van der Waals surface area contributed by atoms with Gasteiger partial charge in [-0.25, -0.2) is 0 Å². The molecule has 0 atom stereocenters. The Hall–Kier alpha value is -0.630. The number of rotatable bonds is 7. The summed E-state index contributed by atoms with van der Waals surface area (Å²) >= 11 is 5.38. The highest BCUT2D eigenvalue weighted by atomic mass is 35.5. The maximum absolute atomic E-state index is 11.4. The summed E-state index contributed by atoms with van der Waals surface area (Å²) in [5, 5.41) is 8.53. The van der Waals surface area contributed by atoms with Crippen LogP contribution in [0, 0.1) is 0 Å². The fraction of sp³-hybridized carbons (Fsp3) is 0.571. The standard InChI is InChI=1S/C7H13ClN2O4S/c1-6(8)5-9-15(13,14)10(2)4-3-7(11)12/h9H,1,3-5H2,2H3,(H,11,12). The van der Waals surface area contributed by atoms with E-state index in [1.165, 1.54) is 7.05 Å². The molecule has 0 aromatic carbocycles. The third-order valence-corrected chi connectivity index (χ3v) is 3.14. The van der Waals surface area contributed by atoms with E-state index in [9.17, 15) is 13.2 Å². The molecule has 15 heavy (non-hydrogen) atoms. The number of hydrogen-bond acceptors (Lipinski definition) is 3. The topological polar surface area (TPSA) is 86.7 Å². The molecule has 0 aromatic rings. The summed E-state index contributed by atoms with van der Waals surface area (Å²) in [7, 11) is -2.40. The molecule has 0 unspecified atom stereocenters. The Labute approximate surface area is 93.7 Å². The molecule has 0 aliphatic carbocycles. The number of carbonyl (C=O) groups is 1. The van der Waals surface area contributed by atoms with E-state index in [2.05, 4.69) is 11.3 Å². The van der Waals surface area contributed by atoms with Gasteiger partial charge in [-0.2, -0.15) is 17.4 Å². The monoisotopic (exact) mass is 256 g/mol. The van der Waals surface area contributed by atoms with Gasteiger partial charge in [0.1, 0.15) is 0 Å². The van der Waals surface area contributed by atoms with E-state index in [1.807, 2.05) is 0 Å². The van der Waals surface area contributed by atoms with E-state index < -0.39 is 16.2 Å². The molecule has 0 fully saturated rings. The van der Waals surface area contributed by atoms with Gasteiger partial charge in [0, 0.05) is 25.2 Å². The maximum atomic E-state index is 11.4. The third kappa shape index (κ3) is 6.45. The van der Waals surface area contributed by atoms with E-state index in [0.29, 0.717) is 0 Å². The van der Waals surface area contributed by atoms with Crippen molar-refractivity contribution >= 4 is 27.8 Å². The minimum Gasteiger partial charge on any atom is -0.481 e. The number of aliphatic carboxylic acids is 1. The van der Waals surface area contributed by atoms with E-state index in [-0.39, 0.29) is 24.5 Å². The van der Waals surface area contributed by atoms with Crippen LogP contribution in [0.15, 0.2) is 11.6 Å². The van der Waals surface area contributed by atoms with Crippen molar-refractivity contribution in [3.8, 4) is 0 Å². The lowest BCUT2D eigenvalue weighted by Gasteiger charge is -2.16. The third-order valence-electron chi connectivity index (χ3n) is 1.50. The first-order chi connectivity index (χ1) is 6.75. The van der Waals surface area contributed by atoms with Crippen LogP contribution in [0.4, 0.5) is 0 Å². The summed E-state index contributed by atoms with van der Waals surface area (Å²) in [5.41, 5.74) is 0. The lowest BCUT2D eigenvalue weighted by atomic mass is 10.4. The van der Waals surface area contributed by atoms with E-state index in [4.69, 9.17) is 16.7 Å². The lowest BCUT2D eigenvalue weighted by molar-refractivity contribution is -0.137. The van der Waals surface area contributed by atoms with Crippen LogP contribution in [-0.2, 0) is 15.0 Å². The Morgan fingerprint density at radius 2 is 2.13 bits per heavy atom. The molecule has 0 spiro atoms. The zero-order chi connectivity index (χ0) is 12.1. The van der Waals surface area contributed by atoms with Crippen molar-refractivity contribution < 1.29 is 18.3 Å². The SMILES string of the molecule is C=C(Cl)CNS(=O)(=O)N(C)CCC(=O)O. The Morgan fingerprint density at radius 3 is 2.53 bits per heavy atom. The molecule has 0 bridgehead atoms. The van der Waals surface area contributed by atoms with E-state index >= 15 is 0 Å². The quantitative estimate of drug-likeness (QED) is 0.670. The summed E-state index contributed by atoms with van der Waals surface area (Å²) in [4.78, 5) is 10.2. The number of carboxylic acids is 1. The van der Waals surface area contributed by atoms with Crippen molar-refractivity contribution in [2.75, 3.05) is 20.1 Å². The van der Waals surface area contributed by atoms with Gasteiger partial charge < -0.3 is 5.11 Å². The van der Waals surface area contributed by atoms with Crippen molar-refractivity contribution in [2.24, 2.45) is 0 Å². The molecule has 2 N–H and O–H groups in total. The van der Waals surface area contributed by atoms with Gasteiger partial charge >= 0.3 is 5.97 Å². The second-order valence-corrected chi connectivity index (χ2v) is 5.21. The van der Waals surface area contributed by atoms with Gasteiger partial charge in [-0.3, -0.25) is 4.79 Å². The van der Waals surface area contributed by atoms with Crippen LogP contribution < -0.4 is 4.72 Å². The minimum atomic E-state index is -3.68. The second-order valence-electron chi connectivity index (χ2n) is 2.81. The maximum Gasteiger partial charge on any atom is 0.304 e. The van der Waals surface area contributed by atoms with Crippen LogP contribution in [0.5, 0.6) is 0 Å². The number of nitrogens with zero attached hydrogens (tertiary/aromatic N) is 1. The highest BCUT2D eigenvalue weighted by Crippen LogP contribution is 1.99. The van der Waals surface area contributed by atoms with Gasteiger partial charge in [0.25, 0.3) is 10.2 Å². The fourth-order valence-corrected chi connectivity index (χ4v) is 1.71. The van der Waals surface area contributed by atoms with Gasteiger partial charge in [-0.15, -0.1) is 0 Å². The van der Waals surface area contributed by atoms with Crippen molar-refractivity contribution in [2.45, 2.75) is 6.42 Å². The van der Waals surface area contributed by atoms with Crippen molar-refractivity contribution in [1.82, 2.24) is 9.03 Å². The number of hydrogen-bond donors (Lipinski definition) is 2. The molecule has 6 nitrogen and oxygen atoms in total. The summed E-state index contributed by atoms with van der Waals surface area (Å²) in [6, 6.07) is 0. The predicted molar refractivity (Wildman–Crippen MR) is 56.8 cm³/mol. The van der Waals surface area contributed by atoms with E-state index in [0.717, 1.165) is 4.31 Å². The Balaban J connectivity index is 4.20. The van der Waals surface area contributed by atoms with Crippen molar-refractivity contribution in [3.05, 3.63) is 11.6 Å². The highest BCUT2D eigenvalue weighted by molar-refractivity contribution is 7.87. The van der Waals surface area contributed by atoms with Crippen LogP contribution in [0.2, 0.25) is 0 Å². The lowest BCUT2D eigenvalue weighted by Crippen LogP contribution is -2.39. The van der Waals surface area contributed by atoms with Crippen LogP contribution in [0.1, 0.15) is 6.42 Å². The molecular formula is C7H13ClN2O4S. The molecule has 0 radical (unpaired) electrons.